The van der Waals surface area contributed by atoms with Gasteiger partial charge >= 0.3 is 0 Å². The Balaban J connectivity index is 1.35. The number of nitrogens with one attached hydrogen (secondary N) is 2. The molecule has 5 N–H and O–H groups in total. The van der Waals surface area contributed by atoms with Crippen LogP contribution in [-0.2, 0) is 13.0 Å². The van der Waals surface area contributed by atoms with Crippen molar-refractivity contribution in [2.45, 2.75) is 50.4 Å². The van der Waals surface area contributed by atoms with E-state index in [9.17, 15) is 5.11 Å². The lowest BCUT2D eigenvalue weighted by Gasteiger charge is -2.34. The quantitative estimate of drug-likeness (QED) is 0.274. The van der Waals surface area contributed by atoms with Gasteiger partial charge in [0.05, 0.1) is 41.8 Å². The zero-order chi connectivity index (χ0) is 26.3. The van der Waals surface area contributed by atoms with Gasteiger partial charge in [0.15, 0.2) is 5.82 Å². The van der Waals surface area contributed by atoms with Crippen molar-refractivity contribution in [3.8, 4) is 0 Å². The maximum atomic E-state index is 11.4. The van der Waals surface area contributed by atoms with Crippen LogP contribution in [0.1, 0.15) is 36.9 Å². The molecule has 196 valence electrons. The number of allylic oxidation sites excluding steroid dienone is 1. The van der Waals surface area contributed by atoms with Gasteiger partial charge in [-0.15, -0.1) is 6.58 Å². The van der Waals surface area contributed by atoms with Gasteiger partial charge in [0.1, 0.15) is 0 Å². The second-order valence-corrected chi connectivity index (χ2v) is 10.6. The standard InChI is InChI=1S/C29H34N8O/c1-3-12-37-24-15-22(9-8-20(24)17-32-37)33-28-31-18-25(36-13-10-21(30)11-14-36)27(35-28)34-26-23-7-5-4-6-19(23)16-29(26,2)38/h3-9,15,17-18,21,26,38H,1,10-14,16,30H2,2H3,(H2,31,33,34,35)/t26-,29?/m0/s1. The summed E-state index contributed by atoms with van der Waals surface area (Å²) in [6.07, 6.45) is 7.97. The van der Waals surface area contributed by atoms with E-state index in [4.69, 9.17) is 10.7 Å². The van der Waals surface area contributed by atoms with E-state index in [1.54, 1.807) is 0 Å². The summed E-state index contributed by atoms with van der Waals surface area (Å²) in [5.74, 6) is 1.17. The minimum Gasteiger partial charge on any atom is -0.387 e. The normalized spacial score (nSPS) is 21.4. The summed E-state index contributed by atoms with van der Waals surface area (Å²) >= 11 is 0. The highest BCUT2D eigenvalue weighted by Gasteiger charge is 2.41. The van der Waals surface area contributed by atoms with Crippen molar-refractivity contribution in [3.05, 3.63) is 78.6 Å². The van der Waals surface area contributed by atoms with Crippen molar-refractivity contribution in [2.75, 3.05) is 28.6 Å². The number of rotatable bonds is 7. The molecule has 0 saturated carbocycles. The molecule has 1 fully saturated rings. The van der Waals surface area contributed by atoms with Crippen LogP contribution in [0.3, 0.4) is 0 Å². The average molecular weight is 511 g/mol. The molecule has 2 aromatic heterocycles. The van der Waals surface area contributed by atoms with Crippen LogP contribution in [-0.4, -0.2) is 49.6 Å². The van der Waals surface area contributed by atoms with Gasteiger partial charge in [0, 0.05) is 36.6 Å². The van der Waals surface area contributed by atoms with E-state index in [-0.39, 0.29) is 12.1 Å². The SMILES string of the molecule is C=CCn1ncc2ccc(Nc3ncc(N4CCC(N)CC4)c(N[C@H]4c5ccccc5CC4(C)O)n3)cc21. The number of nitrogens with zero attached hydrogens (tertiary/aromatic N) is 5. The monoisotopic (exact) mass is 510 g/mol. The Morgan fingerprint density at radius 2 is 2.00 bits per heavy atom. The van der Waals surface area contributed by atoms with E-state index in [1.807, 2.05) is 60.4 Å². The first-order valence-corrected chi connectivity index (χ1v) is 13.2. The molecule has 2 aromatic carbocycles. The molecule has 38 heavy (non-hydrogen) atoms. The third-order valence-electron chi connectivity index (χ3n) is 7.67. The molecular weight excluding hydrogens is 476 g/mol. The van der Waals surface area contributed by atoms with Crippen LogP contribution in [0.5, 0.6) is 0 Å². The number of anilines is 4. The van der Waals surface area contributed by atoms with Crippen LogP contribution in [0.2, 0.25) is 0 Å². The van der Waals surface area contributed by atoms with Crippen LogP contribution < -0.4 is 21.3 Å². The molecule has 9 heteroatoms. The molecule has 9 nitrogen and oxygen atoms in total. The maximum Gasteiger partial charge on any atom is 0.229 e. The number of hydrogen-bond acceptors (Lipinski definition) is 8. The van der Waals surface area contributed by atoms with E-state index < -0.39 is 5.60 Å². The molecule has 0 amide bonds. The van der Waals surface area contributed by atoms with Crippen molar-refractivity contribution in [1.29, 1.82) is 0 Å². The summed E-state index contributed by atoms with van der Waals surface area (Å²) in [6.45, 7) is 8.02. The van der Waals surface area contributed by atoms with Gasteiger partial charge in [-0.2, -0.15) is 10.1 Å². The molecule has 2 atom stereocenters. The van der Waals surface area contributed by atoms with E-state index in [0.717, 1.165) is 59.3 Å². The molecule has 1 saturated heterocycles. The fourth-order valence-electron chi connectivity index (χ4n) is 5.63. The molecule has 0 bridgehead atoms. The minimum atomic E-state index is -0.946. The molecule has 3 heterocycles. The molecule has 0 spiro atoms. The number of fused-ring (bicyclic) bond motifs is 2. The number of aromatic nitrogens is 4. The van der Waals surface area contributed by atoms with Crippen molar-refractivity contribution in [1.82, 2.24) is 19.7 Å². The molecule has 2 aliphatic rings. The Morgan fingerprint density at radius 1 is 1.18 bits per heavy atom. The summed E-state index contributed by atoms with van der Waals surface area (Å²) in [7, 11) is 0. The summed E-state index contributed by atoms with van der Waals surface area (Å²) in [5.41, 5.74) is 10.3. The highest BCUT2D eigenvalue weighted by molar-refractivity contribution is 5.83. The van der Waals surface area contributed by atoms with Crippen LogP contribution in [0.15, 0.2) is 67.5 Å². The van der Waals surface area contributed by atoms with Crippen LogP contribution in [0.25, 0.3) is 10.9 Å². The fraction of sp³-hybridized carbons (Fsp3) is 0.345. The molecule has 6 rings (SSSR count). The third kappa shape index (κ3) is 4.59. The second kappa shape index (κ2) is 9.74. The first-order valence-electron chi connectivity index (χ1n) is 13.2. The Morgan fingerprint density at radius 3 is 2.82 bits per heavy atom. The first kappa shape index (κ1) is 24.4. The van der Waals surface area contributed by atoms with Gasteiger partial charge in [0.25, 0.3) is 0 Å². The number of piperidine rings is 1. The molecule has 1 unspecified atom stereocenters. The second-order valence-electron chi connectivity index (χ2n) is 10.6. The Labute approximate surface area is 222 Å². The lowest BCUT2D eigenvalue weighted by Crippen LogP contribution is -2.40. The molecule has 1 aliphatic heterocycles. The van der Waals surface area contributed by atoms with Gasteiger partial charge in [-0.05, 0) is 49.1 Å². The van der Waals surface area contributed by atoms with Gasteiger partial charge < -0.3 is 26.4 Å². The zero-order valence-electron chi connectivity index (χ0n) is 21.6. The largest absolute Gasteiger partial charge is 0.387 e. The highest BCUT2D eigenvalue weighted by atomic mass is 16.3. The van der Waals surface area contributed by atoms with Gasteiger partial charge in [0.2, 0.25) is 5.95 Å². The average Bonchev–Trinajstić information content (AvgIpc) is 3.42. The van der Waals surface area contributed by atoms with E-state index >= 15 is 0 Å². The van der Waals surface area contributed by atoms with Crippen LogP contribution in [0.4, 0.5) is 23.1 Å². The predicted octanol–water partition coefficient (Wildman–Crippen LogP) is 4.14. The van der Waals surface area contributed by atoms with Crippen molar-refractivity contribution in [3.63, 3.8) is 0 Å². The smallest absolute Gasteiger partial charge is 0.229 e. The van der Waals surface area contributed by atoms with Gasteiger partial charge in [-0.3, -0.25) is 4.68 Å². The Bertz CT molecular complexity index is 1470. The van der Waals surface area contributed by atoms with E-state index in [1.165, 1.54) is 0 Å². The Hall–Kier alpha value is -3.95. The molecule has 0 radical (unpaired) electrons. The number of hydrogen-bond donors (Lipinski definition) is 4. The zero-order valence-corrected chi connectivity index (χ0v) is 21.6. The Kier molecular flexibility index (Phi) is 6.25. The molecular formula is C29H34N8O. The lowest BCUT2D eigenvalue weighted by molar-refractivity contribution is 0.0515. The molecule has 1 aliphatic carbocycles. The van der Waals surface area contributed by atoms with E-state index in [0.29, 0.717) is 24.7 Å². The maximum absolute atomic E-state index is 11.4. The highest BCUT2D eigenvalue weighted by Crippen LogP contribution is 2.42. The van der Waals surface area contributed by atoms with Crippen molar-refractivity contribution < 1.29 is 5.11 Å². The predicted molar refractivity (Wildman–Crippen MR) is 152 cm³/mol. The summed E-state index contributed by atoms with van der Waals surface area (Å²) in [4.78, 5) is 11.9. The summed E-state index contributed by atoms with van der Waals surface area (Å²) < 4.78 is 1.91. The van der Waals surface area contributed by atoms with Crippen LogP contribution >= 0.6 is 0 Å². The fourth-order valence-corrected chi connectivity index (χ4v) is 5.63. The number of nitrogens with two attached hydrogens (primary N) is 1. The van der Waals surface area contributed by atoms with Crippen molar-refractivity contribution >= 4 is 34.0 Å². The minimum absolute atomic E-state index is 0.219. The lowest BCUT2D eigenvalue weighted by atomic mass is 9.97. The summed E-state index contributed by atoms with van der Waals surface area (Å²) in [5, 5.41) is 23.8. The van der Waals surface area contributed by atoms with Gasteiger partial charge in [-0.1, -0.05) is 30.3 Å². The van der Waals surface area contributed by atoms with Crippen molar-refractivity contribution in [2.24, 2.45) is 5.73 Å². The van der Waals surface area contributed by atoms with Crippen LogP contribution in [0, 0.1) is 0 Å². The topological polar surface area (TPSA) is 117 Å². The van der Waals surface area contributed by atoms with Gasteiger partial charge in [-0.25, -0.2) is 4.98 Å². The number of benzene rings is 2. The first-order chi connectivity index (χ1) is 18.4. The van der Waals surface area contributed by atoms with E-state index in [2.05, 4.69) is 44.3 Å². The summed E-state index contributed by atoms with van der Waals surface area (Å²) in [6, 6.07) is 14.2. The third-order valence-corrected chi connectivity index (χ3v) is 7.67. The molecule has 4 aromatic rings. The number of aliphatic hydroxyl groups is 1.